The number of carbonyl (C=O) groups is 3. The topological polar surface area (TPSA) is 137 Å². The second-order valence-corrected chi connectivity index (χ2v) is 5.08. The molecule has 0 radical (unpaired) electrons. The van der Waals surface area contributed by atoms with E-state index in [1.54, 1.807) is 6.92 Å². The number of esters is 3. The molecular formula is C13H19N3O7. The molecule has 1 aliphatic heterocycles. The Morgan fingerprint density at radius 2 is 1.74 bits per heavy atom. The van der Waals surface area contributed by atoms with Crippen molar-refractivity contribution in [1.29, 1.82) is 0 Å². The second kappa shape index (κ2) is 8.35. The van der Waals surface area contributed by atoms with Crippen molar-refractivity contribution in [3.8, 4) is 0 Å². The van der Waals surface area contributed by atoms with E-state index in [-0.39, 0.29) is 6.61 Å². The van der Waals surface area contributed by atoms with Gasteiger partial charge in [-0.2, -0.15) is 0 Å². The number of hydrogen-bond acceptors (Lipinski definition) is 8. The summed E-state index contributed by atoms with van der Waals surface area (Å²) in [5.74, 6) is -2.21. The van der Waals surface area contributed by atoms with Gasteiger partial charge in [-0.25, -0.2) is 0 Å². The van der Waals surface area contributed by atoms with Gasteiger partial charge in [-0.1, -0.05) is 12.0 Å². The summed E-state index contributed by atoms with van der Waals surface area (Å²) in [4.78, 5) is 36.2. The highest BCUT2D eigenvalue weighted by molar-refractivity contribution is 5.67. The van der Waals surface area contributed by atoms with Crippen molar-refractivity contribution in [3.05, 3.63) is 10.4 Å². The summed E-state index contributed by atoms with van der Waals surface area (Å²) in [5.41, 5.74) is 8.70. The van der Waals surface area contributed by atoms with Gasteiger partial charge in [0, 0.05) is 31.6 Å². The first-order chi connectivity index (χ1) is 10.8. The van der Waals surface area contributed by atoms with Gasteiger partial charge in [-0.3, -0.25) is 14.4 Å². The predicted octanol–water partition coefficient (Wildman–Crippen LogP) is 1.08. The van der Waals surface area contributed by atoms with Crippen LogP contribution in [0.2, 0.25) is 0 Å². The van der Waals surface area contributed by atoms with Crippen molar-refractivity contribution in [1.82, 2.24) is 0 Å². The monoisotopic (exact) mass is 329 g/mol. The van der Waals surface area contributed by atoms with Gasteiger partial charge in [0.1, 0.15) is 24.9 Å². The maximum atomic E-state index is 11.3. The molecule has 0 aromatic carbocycles. The number of hydrogen-bond donors (Lipinski definition) is 0. The van der Waals surface area contributed by atoms with Crippen LogP contribution in [0, 0.1) is 5.92 Å². The molecule has 1 fully saturated rings. The molecule has 0 saturated carbocycles. The van der Waals surface area contributed by atoms with E-state index in [4.69, 9.17) is 24.5 Å². The average Bonchev–Trinajstić information content (AvgIpc) is 2.43. The van der Waals surface area contributed by atoms with Crippen molar-refractivity contribution >= 4 is 17.9 Å². The molecule has 10 heteroatoms. The van der Waals surface area contributed by atoms with Gasteiger partial charge in [0.25, 0.3) is 0 Å². The molecule has 0 spiro atoms. The minimum atomic E-state index is -1.25. The lowest BCUT2D eigenvalue weighted by molar-refractivity contribution is -0.248. The predicted molar refractivity (Wildman–Crippen MR) is 74.7 cm³/mol. The second-order valence-electron chi connectivity index (χ2n) is 5.08. The van der Waals surface area contributed by atoms with Crippen LogP contribution in [0.25, 0.3) is 10.4 Å². The molecule has 1 saturated heterocycles. The van der Waals surface area contributed by atoms with Gasteiger partial charge >= 0.3 is 17.9 Å². The summed E-state index contributed by atoms with van der Waals surface area (Å²) in [6.45, 7) is 5.18. The third kappa shape index (κ3) is 5.42. The van der Waals surface area contributed by atoms with Crippen LogP contribution in [0.1, 0.15) is 27.7 Å². The van der Waals surface area contributed by atoms with Crippen molar-refractivity contribution < 1.29 is 33.3 Å². The van der Waals surface area contributed by atoms with Crippen LogP contribution in [0.4, 0.5) is 0 Å². The quantitative estimate of drug-likeness (QED) is 0.242. The molecule has 0 aromatic heterocycles. The molecule has 1 aliphatic rings. The summed E-state index contributed by atoms with van der Waals surface area (Å²) < 4.78 is 20.7. The number of azide groups is 1. The van der Waals surface area contributed by atoms with Crippen molar-refractivity contribution in [2.24, 2.45) is 11.0 Å². The highest BCUT2D eigenvalue weighted by Crippen LogP contribution is 2.31. The Morgan fingerprint density at radius 1 is 1.13 bits per heavy atom. The zero-order chi connectivity index (χ0) is 17.6. The Bertz CT molecular complexity index is 518. The van der Waals surface area contributed by atoms with Crippen LogP contribution in [0.3, 0.4) is 0 Å². The number of nitrogens with zero attached hydrogens (tertiary/aromatic N) is 3. The number of rotatable bonds is 5. The lowest BCUT2D eigenvalue weighted by Crippen LogP contribution is -2.56. The van der Waals surface area contributed by atoms with Crippen molar-refractivity contribution in [2.75, 3.05) is 6.61 Å². The van der Waals surface area contributed by atoms with Gasteiger partial charge in [-0.05, 0) is 5.53 Å². The maximum Gasteiger partial charge on any atom is 0.304 e. The normalized spacial score (nSPS) is 29.8. The van der Waals surface area contributed by atoms with Gasteiger partial charge in [0.15, 0.2) is 0 Å². The minimum Gasteiger partial charge on any atom is -0.463 e. The van der Waals surface area contributed by atoms with Crippen LogP contribution >= 0.6 is 0 Å². The molecular weight excluding hydrogens is 310 g/mol. The Kier molecular flexibility index (Phi) is 6.80. The first kappa shape index (κ1) is 18.7. The molecule has 0 amide bonds. The average molecular weight is 329 g/mol. The molecule has 0 aromatic rings. The van der Waals surface area contributed by atoms with E-state index < -0.39 is 48.4 Å². The molecule has 5 atom stereocenters. The van der Waals surface area contributed by atoms with E-state index in [9.17, 15) is 14.4 Å². The Balaban J connectivity index is 3.06. The largest absolute Gasteiger partial charge is 0.463 e. The third-order valence-electron chi connectivity index (χ3n) is 3.25. The van der Waals surface area contributed by atoms with E-state index in [0.717, 1.165) is 6.92 Å². The van der Waals surface area contributed by atoms with Gasteiger partial charge in [0.05, 0.1) is 0 Å². The summed E-state index contributed by atoms with van der Waals surface area (Å²) in [7, 11) is 0. The van der Waals surface area contributed by atoms with E-state index in [1.807, 2.05) is 0 Å². The summed E-state index contributed by atoms with van der Waals surface area (Å²) in [5, 5.41) is 3.53. The van der Waals surface area contributed by atoms with Crippen LogP contribution < -0.4 is 0 Å². The van der Waals surface area contributed by atoms with Gasteiger partial charge in [0.2, 0.25) is 6.29 Å². The van der Waals surface area contributed by atoms with Gasteiger partial charge < -0.3 is 18.9 Å². The number of ether oxygens (including phenoxy) is 4. The van der Waals surface area contributed by atoms with Crippen molar-refractivity contribution in [3.63, 3.8) is 0 Å². The third-order valence-corrected chi connectivity index (χ3v) is 3.25. The number of carbonyl (C=O) groups excluding carboxylic acids is 3. The van der Waals surface area contributed by atoms with Crippen LogP contribution in [-0.4, -0.2) is 49.1 Å². The molecule has 0 bridgehead atoms. The fourth-order valence-corrected chi connectivity index (χ4v) is 2.25. The summed E-state index contributed by atoms with van der Waals surface area (Å²) in [6, 6.07) is -1.05. The first-order valence-electron chi connectivity index (χ1n) is 6.93. The fourth-order valence-electron chi connectivity index (χ4n) is 2.25. The van der Waals surface area contributed by atoms with E-state index in [0.29, 0.717) is 0 Å². The van der Waals surface area contributed by atoms with E-state index >= 15 is 0 Å². The molecule has 0 aliphatic carbocycles. The molecule has 10 nitrogen and oxygen atoms in total. The smallest absolute Gasteiger partial charge is 0.304 e. The molecule has 23 heavy (non-hydrogen) atoms. The Hall–Kier alpha value is -2.32. The lowest BCUT2D eigenvalue weighted by atomic mass is 9.89. The highest BCUT2D eigenvalue weighted by atomic mass is 16.7. The van der Waals surface area contributed by atoms with Crippen LogP contribution in [0.5, 0.6) is 0 Å². The Morgan fingerprint density at radius 3 is 2.22 bits per heavy atom. The molecule has 0 N–H and O–H groups in total. The maximum absolute atomic E-state index is 11.3. The standard InChI is InChI=1S/C13H19N3O7/c1-6-10(5-20-7(2)17)23-13(22-9(4)19)11(15-16-14)12(6)21-8(3)18/h6,10-13H,5H2,1-4H3/t6-,10?,11?,12?,13-/m1/s1. The SMILES string of the molecule is CC(=O)OCC1O[C@@H](OC(C)=O)C(N=[N+]=[N-])C(OC(C)=O)[C@@H]1C. The van der Waals surface area contributed by atoms with Gasteiger partial charge in [-0.15, -0.1) is 0 Å². The molecule has 1 rings (SSSR count). The van der Waals surface area contributed by atoms with Crippen LogP contribution in [-0.2, 0) is 33.3 Å². The van der Waals surface area contributed by atoms with E-state index in [1.165, 1.54) is 13.8 Å². The fraction of sp³-hybridized carbons (Fsp3) is 0.769. The molecule has 3 unspecified atom stereocenters. The van der Waals surface area contributed by atoms with Crippen molar-refractivity contribution in [2.45, 2.75) is 52.2 Å². The summed E-state index contributed by atoms with van der Waals surface area (Å²) >= 11 is 0. The summed E-state index contributed by atoms with van der Waals surface area (Å²) in [6.07, 6.45) is -2.83. The molecule has 1 heterocycles. The van der Waals surface area contributed by atoms with E-state index in [2.05, 4.69) is 10.0 Å². The minimum absolute atomic E-state index is 0.116. The Labute approximate surface area is 132 Å². The highest BCUT2D eigenvalue weighted by Gasteiger charge is 2.47. The molecule has 128 valence electrons. The lowest BCUT2D eigenvalue weighted by Gasteiger charge is -2.42. The zero-order valence-electron chi connectivity index (χ0n) is 13.3. The zero-order valence-corrected chi connectivity index (χ0v) is 13.3. The van der Waals surface area contributed by atoms with Crippen LogP contribution in [0.15, 0.2) is 5.11 Å². The first-order valence-corrected chi connectivity index (χ1v) is 6.93.